The summed E-state index contributed by atoms with van der Waals surface area (Å²) < 4.78 is 0. The molecule has 160 valence electrons. The molecule has 1 fully saturated rings. The fourth-order valence-corrected chi connectivity index (χ4v) is 4.12. The minimum atomic E-state index is -0.508. The highest BCUT2D eigenvalue weighted by molar-refractivity contribution is 5.88. The lowest BCUT2D eigenvalue weighted by molar-refractivity contribution is -0.140. The maximum atomic E-state index is 13.3. The normalized spacial score (nSPS) is 15.4. The van der Waals surface area contributed by atoms with E-state index in [1.54, 1.807) is 4.90 Å². The van der Waals surface area contributed by atoms with Crippen LogP contribution in [0.3, 0.4) is 0 Å². The zero-order valence-electron chi connectivity index (χ0n) is 18.5. The van der Waals surface area contributed by atoms with Crippen molar-refractivity contribution in [2.24, 2.45) is 0 Å². The van der Waals surface area contributed by atoms with Gasteiger partial charge < -0.3 is 10.2 Å². The van der Waals surface area contributed by atoms with Crippen LogP contribution in [0.2, 0.25) is 0 Å². The number of carbonyl (C=O) groups excluding carboxylic acids is 2. The number of benzene rings is 2. The number of carbonyl (C=O) groups is 2. The molecule has 3 rings (SSSR count). The molecule has 0 bridgehead atoms. The number of hydrogen-bond acceptors (Lipinski definition) is 2. The minimum absolute atomic E-state index is 0.0200. The lowest BCUT2D eigenvalue weighted by atomic mass is 9.95. The summed E-state index contributed by atoms with van der Waals surface area (Å²) in [7, 11) is 0. The van der Waals surface area contributed by atoms with E-state index in [0.29, 0.717) is 13.0 Å². The van der Waals surface area contributed by atoms with Gasteiger partial charge in [-0.3, -0.25) is 9.59 Å². The Labute approximate surface area is 180 Å². The number of rotatable bonds is 7. The maximum Gasteiger partial charge on any atom is 0.242 e. The Hall–Kier alpha value is -2.62. The Morgan fingerprint density at radius 2 is 1.67 bits per heavy atom. The summed E-state index contributed by atoms with van der Waals surface area (Å²) >= 11 is 0. The van der Waals surface area contributed by atoms with Gasteiger partial charge in [0.25, 0.3) is 0 Å². The van der Waals surface area contributed by atoms with Gasteiger partial charge >= 0.3 is 0 Å². The van der Waals surface area contributed by atoms with Crippen LogP contribution in [0, 0.1) is 13.8 Å². The zero-order valence-corrected chi connectivity index (χ0v) is 18.5. The second-order valence-electron chi connectivity index (χ2n) is 8.62. The van der Waals surface area contributed by atoms with Crippen molar-refractivity contribution in [1.82, 2.24) is 10.2 Å². The first-order valence-electron chi connectivity index (χ1n) is 11.1. The molecule has 1 saturated carbocycles. The first-order valence-corrected chi connectivity index (χ1v) is 11.1. The van der Waals surface area contributed by atoms with Gasteiger partial charge in [0.05, 0.1) is 6.42 Å². The Morgan fingerprint density at radius 1 is 0.967 bits per heavy atom. The highest BCUT2D eigenvalue weighted by Crippen LogP contribution is 2.19. The largest absolute Gasteiger partial charge is 0.352 e. The number of amides is 2. The molecule has 0 unspecified atom stereocenters. The van der Waals surface area contributed by atoms with E-state index < -0.39 is 6.04 Å². The van der Waals surface area contributed by atoms with Crippen molar-refractivity contribution in [2.45, 2.75) is 77.9 Å². The van der Waals surface area contributed by atoms with Crippen LogP contribution in [0.1, 0.15) is 61.3 Å². The van der Waals surface area contributed by atoms with Gasteiger partial charge in [0.1, 0.15) is 6.04 Å². The van der Waals surface area contributed by atoms with Crippen LogP contribution in [0.15, 0.2) is 48.5 Å². The fraction of sp³-hybridized carbons (Fsp3) is 0.462. The monoisotopic (exact) mass is 406 g/mol. The molecular weight excluding hydrogens is 372 g/mol. The third kappa shape index (κ3) is 5.94. The molecule has 4 heteroatoms. The van der Waals surface area contributed by atoms with E-state index >= 15 is 0 Å². The summed E-state index contributed by atoms with van der Waals surface area (Å²) in [5.41, 5.74) is 4.41. The molecule has 2 aromatic carbocycles. The van der Waals surface area contributed by atoms with E-state index in [0.717, 1.165) is 24.0 Å². The molecule has 0 heterocycles. The minimum Gasteiger partial charge on any atom is -0.352 e. The van der Waals surface area contributed by atoms with Crippen LogP contribution in [0.5, 0.6) is 0 Å². The summed E-state index contributed by atoms with van der Waals surface area (Å²) in [5.74, 6) is -0.0698. The Kier molecular flexibility index (Phi) is 7.67. The highest BCUT2D eigenvalue weighted by Gasteiger charge is 2.28. The van der Waals surface area contributed by atoms with Gasteiger partial charge in [-0.1, -0.05) is 67.8 Å². The summed E-state index contributed by atoms with van der Waals surface area (Å²) in [6.45, 7) is 6.41. The van der Waals surface area contributed by atoms with Crippen molar-refractivity contribution in [1.29, 1.82) is 0 Å². The van der Waals surface area contributed by atoms with E-state index in [2.05, 4.69) is 31.3 Å². The van der Waals surface area contributed by atoms with Gasteiger partial charge in [0, 0.05) is 12.6 Å². The molecule has 0 spiro atoms. The second kappa shape index (κ2) is 10.4. The molecule has 4 nitrogen and oxygen atoms in total. The molecule has 0 aromatic heterocycles. The summed E-state index contributed by atoms with van der Waals surface area (Å²) in [4.78, 5) is 28.0. The number of nitrogens with one attached hydrogen (secondary N) is 1. The Balaban J connectivity index is 1.75. The van der Waals surface area contributed by atoms with E-state index in [1.165, 1.54) is 30.4 Å². The van der Waals surface area contributed by atoms with Crippen molar-refractivity contribution in [3.63, 3.8) is 0 Å². The Morgan fingerprint density at radius 3 is 2.33 bits per heavy atom. The molecule has 0 radical (unpaired) electrons. The molecule has 2 amide bonds. The SMILES string of the molecule is Cc1ccc(CC(=O)N(Cc2ccccc2)[C@H](C)C(=O)NC2CCCCC2)cc1C. The van der Waals surface area contributed by atoms with E-state index in [4.69, 9.17) is 0 Å². The molecule has 0 saturated heterocycles. The molecular formula is C26H34N2O2. The quantitative estimate of drug-likeness (QED) is 0.724. The summed E-state index contributed by atoms with van der Waals surface area (Å²) in [5, 5.41) is 3.19. The van der Waals surface area contributed by atoms with Crippen molar-refractivity contribution >= 4 is 11.8 Å². The lowest BCUT2D eigenvalue weighted by Crippen LogP contribution is -2.50. The average Bonchev–Trinajstić information content (AvgIpc) is 2.75. The van der Waals surface area contributed by atoms with Crippen molar-refractivity contribution in [2.75, 3.05) is 0 Å². The van der Waals surface area contributed by atoms with Gasteiger partial charge in [0.15, 0.2) is 0 Å². The molecule has 1 atom stereocenters. The van der Waals surface area contributed by atoms with Gasteiger partial charge in [0.2, 0.25) is 11.8 Å². The first-order chi connectivity index (χ1) is 14.4. The highest BCUT2D eigenvalue weighted by atomic mass is 16.2. The smallest absolute Gasteiger partial charge is 0.242 e. The van der Waals surface area contributed by atoms with Gasteiger partial charge in [-0.05, 0) is 55.9 Å². The van der Waals surface area contributed by atoms with E-state index in [-0.39, 0.29) is 17.9 Å². The molecule has 2 aromatic rings. The lowest BCUT2D eigenvalue weighted by Gasteiger charge is -2.31. The zero-order chi connectivity index (χ0) is 21.5. The fourth-order valence-electron chi connectivity index (χ4n) is 4.12. The Bertz CT molecular complexity index is 857. The molecule has 1 aliphatic carbocycles. The van der Waals surface area contributed by atoms with Crippen molar-refractivity contribution < 1.29 is 9.59 Å². The van der Waals surface area contributed by atoms with Gasteiger partial charge in [-0.25, -0.2) is 0 Å². The second-order valence-corrected chi connectivity index (χ2v) is 8.62. The van der Waals surface area contributed by atoms with Gasteiger partial charge in [-0.15, -0.1) is 0 Å². The molecule has 1 N–H and O–H groups in total. The van der Waals surface area contributed by atoms with Crippen molar-refractivity contribution in [3.05, 3.63) is 70.8 Å². The van der Waals surface area contributed by atoms with Crippen LogP contribution in [0.25, 0.3) is 0 Å². The molecule has 1 aliphatic rings. The van der Waals surface area contributed by atoms with Crippen LogP contribution in [0.4, 0.5) is 0 Å². The third-order valence-electron chi connectivity index (χ3n) is 6.24. The van der Waals surface area contributed by atoms with E-state index in [9.17, 15) is 9.59 Å². The van der Waals surface area contributed by atoms with Crippen LogP contribution >= 0.6 is 0 Å². The summed E-state index contributed by atoms with van der Waals surface area (Å²) in [6.07, 6.45) is 5.95. The number of nitrogens with zero attached hydrogens (tertiary/aromatic N) is 1. The van der Waals surface area contributed by atoms with Crippen molar-refractivity contribution in [3.8, 4) is 0 Å². The predicted molar refractivity (Wildman–Crippen MR) is 121 cm³/mol. The predicted octanol–water partition coefficient (Wildman–Crippen LogP) is 4.71. The van der Waals surface area contributed by atoms with Gasteiger partial charge in [-0.2, -0.15) is 0 Å². The van der Waals surface area contributed by atoms with Crippen LogP contribution in [-0.4, -0.2) is 28.8 Å². The molecule has 0 aliphatic heterocycles. The first kappa shape index (κ1) is 22.1. The average molecular weight is 407 g/mol. The number of aryl methyl sites for hydroxylation is 2. The third-order valence-corrected chi connectivity index (χ3v) is 6.24. The van der Waals surface area contributed by atoms with Crippen LogP contribution < -0.4 is 5.32 Å². The van der Waals surface area contributed by atoms with E-state index in [1.807, 2.05) is 43.3 Å². The summed E-state index contributed by atoms with van der Waals surface area (Å²) in [6, 6.07) is 15.8. The maximum absolute atomic E-state index is 13.3. The van der Waals surface area contributed by atoms with Crippen LogP contribution in [-0.2, 0) is 22.6 Å². The standard InChI is InChI=1S/C26H34N2O2/c1-19-14-15-23(16-20(19)2)17-25(29)28(18-22-10-6-4-7-11-22)21(3)26(30)27-24-12-8-5-9-13-24/h4,6-7,10-11,14-16,21,24H,5,8-9,12-13,17-18H2,1-3H3,(H,27,30)/t21-/m1/s1. The topological polar surface area (TPSA) is 49.4 Å². The number of hydrogen-bond donors (Lipinski definition) is 1. The molecule has 30 heavy (non-hydrogen) atoms.